The van der Waals surface area contributed by atoms with Crippen LogP contribution in [0.2, 0.25) is 0 Å². The van der Waals surface area contributed by atoms with Gasteiger partial charge in [0, 0.05) is 5.69 Å². The van der Waals surface area contributed by atoms with Crippen molar-refractivity contribution in [3.8, 4) is 16.8 Å². The van der Waals surface area contributed by atoms with Gasteiger partial charge in [0.1, 0.15) is 11.5 Å². The highest BCUT2D eigenvalue weighted by Gasteiger charge is 2.17. The average Bonchev–Trinajstić information content (AvgIpc) is 3.32. The van der Waals surface area contributed by atoms with Gasteiger partial charge in [0.2, 0.25) is 0 Å². The highest BCUT2D eigenvalue weighted by molar-refractivity contribution is 7.08. The molecule has 0 radical (unpaired) electrons. The van der Waals surface area contributed by atoms with Gasteiger partial charge in [-0.1, -0.05) is 24.3 Å². The molecule has 0 saturated heterocycles. The molecule has 1 N–H and O–H groups in total. The molecule has 0 atom stereocenters. The van der Waals surface area contributed by atoms with Crippen LogP contribution in [-0.4, -0.2) is 15.7 Å². The van der Waals surface area contributed by atoms with Crippen molar-refractivity contribution < 1.29 is 9.18 Å². The molecule has 0 spiro atoms. The minimum absolute atomic E-state index is 0.280. The normalized spacial score (nSPS) is 10.7. The highest BCUT2D eigenvalue weighted by Crippen LogP contribution is 2.25. The fourth-order valence-electron chi connectivity index (χ4n) is 2.90. The number of nitrogens with one attached hydrogen (secondary N) is 1. The number of carbonyl (C=O) groups excluding carboxylic acids is 1. The topological polar surface area (TPSA) is 46.9 Å². The maximum absolute atomic E-state index is 14.0. The minimum atomic E-state index is -0.390. The van der Waals surface area contributed by atoms with Crippen molar-refractivity contribution >= 4 is 22.9 Å². The summed E-state index contributed by atoms with van der Waals surface area (Å²) >= 11 is 1.63. The van der Waals surface area contributed by atoms with Gasteiger partial charge in [0.25, 0.3) is 5.91 Å². The lowest BCUT2D eigenvalue weighted by molar-refractivity contribution is 0.102. The Labute approximate surface area is 159 Å². The van der Waals surface area contributed by atoms with Gasteiger partial charge in [-0.15, -0.1) is 0 Å². The molecule has 134 valence electrons. The molecule has 4 rings (SSSR count). The lowest BCUT2D eigenvalue weighted by Gasteiger charge is -2.08. The third-order valence-corrected chi connectivity index (χ3v) is 4.99. The third kappa shape index (κ3) is 3.39. The number of thiophene rings is 1. The molecule has 2 heterocycles. The molecule has 0 bridgehead atoms. The van der Waals surface area contributed by atoms with Crippen LogP contribution in [0.3, 0.4) is 0 Å². The van der Waals surface area contributed by atoms with Crippen LogP contribution >= 0.6 is 11.3 Å². The van der Waals surface area contributed by atoms with E-state index >= 15 is 0 Å². The molecule has 0 aliphatic carbocycles. The summed E-state index contributed by atoms with van der Waals surface area (Å²) in [4.78, 5) is 12.7. The van der Waals surface area contributed by atoms with Gasteiger partial charge in [-0.05, 0) is 59.1 Å². The Morgan fingerprint density at radius 3 is 2.74 bits per heavy atom. The maximum Gasteiger partial charge on any atom is 0.259 e. The van der Waals surface area contributed by atoms with E-state index < -0.39 is 0 Å². The molecule has 4 aromatic rings. The summed E-state index contributed by atoms with van der Waals surface area (Å²) in [5.74, 6) is -0.670. The summed E-state index contributed by atoms with van der Waals surface area (Å²) < 4.78 is 15.5. The molecule has 0 aliphatic rings. The highest BCUT2D eigenvalue weighted by atomic mass is 32.1. The minimum Gasteiger partial charge on any atom is -0.322 e. The number of para-hydroxylation sites is 1. The van der Waals surface area contributed by atoms with Gasteiger partial charge >= 0.3 is 0 Å². The fourth-order valence-corrected chi connectivity index (χ4v) is 3.57. The number of rotatable bonds is 4. The molecule has 2 aromatic carbocycles. The molecule has 0 unspecified atom stereocenters. The van der Waals surface area contributed by atoms with Crippen LogP contribution in [0.25, 0.3) is 16.8 Å². The van der Waals surface area contributed by atoms with E-state index in [0.29, 0.717) is 22.6 Å². The number of amides is 1. The number of aromatic nitrogens is 2. The lowest BCUT2D eigenvalue weighted by atomic mass is 10.1. The van der Waals surface area contributed by atoms with Gasteiger partial charge in [-0.25, -0.2) is 9.07 Å². The van der Waals surface area contributed by atoms with E-state index in [2.05, 4.69) is 15.8 Å². The van der Waals surface area contributed by atoms with Gasteiger partial charge in [0.15, 0.2) is 0 Å². The Kier molecular flexibility index (Phi) is 4.56. The van der Waals surface area contributed by atoms with E-state index in [1.807, 2.05) is 35.7 Å². The average molecular weight is 377 g/mol. The zero-order chi connectivity index (χ0) is 18.8. The molecule has 0 fully saturated rings. The van der Waals surface area contributed by atoms with E-state index in [0.717, 1.165) is 11.1 Å². The lowest BCUT2D eigenvalue weighted by Crippen LogP contribution is -2.13. The molecule has 6 heteroatoms. The Balaban J connectivity index is 1.60. The summed E-state index contributed by atoms with van der Waals surface area (Å²) in [6, 6.07) is 16.0. The van der Waals surface area contributed by atoms with E-state index in [-0.39, 0.29) is 11.7 Å². The summed E-state index contributed by atoms with van der Waals surface area (Å²) in [5, 5.41) is 11.2. The van der Waals surface area contributed by atoms with Crippen LogP contribution in [0.5, 0.6) is 0 Å². The molecular weight excluding hydrogens is 361 g/mol. The summed E-state index contributed by atoms with van der Waals surface area (Å²) in [7, 11) is 0. The summed E-state index contributed by atoms with van der Waals surface area (Å²) in [6.07, 6.45) is 1.46. The van der Waals surface area contributed by atoms with E-state index in [4.69, 9.17) is 0 Å². The second kappa shape index (κ2) is 7.17. The molecule has 2 aromatic heterocycles. The van der Waals surface area contributed by atoms with Crippen molar-refractivity contribution in [2.24, 2.45) is 0 Å². The number of hydrogen-bond donors (Lipinski definition) is 1. The smallest absolute Gasteiger partial charge is 0.259 e. The third-order valence-electron chi connectivity index (χ3n) is 4.31. The second-order valence-electron chi connectivity index (χ2n) is 6.05. The molecule has 0 saturated carbocycles. The molecule has 4 nitrogen and oxygen atoms in total. The van der Waals surface area contributed by atoms with E-state index in [1.165, 1.54) is 16.9 Å². The first-order chi connectivity index (χ1) is 13.1. The van der Waals surface area contributed by atoms with Gasteiger partial charge < -0.3 is 5.32 Å². The van der Waals surface area contributed by atoms with E-state index in [1.54, 1.807) is 36.5 Å². The van der Waals surface area contributed by atoms with Crippen molar-refractivity contribution in [1.82, 2.24) is 9.78 Å². The first-order valence-corrected chi connectivity index (χ1v) is 9.31. The maximum atomic E-state index is 14.0. The largest absolute Gasteiger partial charge is 0.322 e. The second-order valence-corrected chi connectivity index (χ2v) is 6.83. The van der Waals surface area contributed by atoms with Crippen molar-refractivity contribution in [3.63, 3.8) is 0 Å². The standard InChI is InChI=1S/C21H16FN3OS/c1-14-18(12-23-25(14)20-8-3-2-7-19(20)22)21(26)24-17-6-4-5-15(11-17)16-9-10-27-13-16/h2-13H,1H3,(H,24,26). The molecular formula is C21H16FN3OS. The van der Waals surface area contributed by atoms with Crippen molar-refractivity contribution in [3.05, 3.63) is 88.6 Å². The molecule has 1 amide bonds. The predicted octanol–water partition coefficient (Wildman–Crippen LogP) is 5.30. The molecule has 27 heavy (non-hydrogen) atoms. The number of anilines is 1. The summed E-state index contributed by atoms with van der Waals surface area (Å²) in [5.41, 5.74) is 4.13. The number of carbonyl (C=O) groups is 1. The van der Waals surface area contributed by atoms with Gasteiger partial charge in [-0.2, -0.15) is 16.4 Å². The van der Waals surface area contributed by atoms with Crippen molar-refractivity contribution in [1.29, 1.82) is 0 Å². The summed E-state index contributed by atoms with van der Waals surface area (Å²) in [6.45, 7) is 1.75. The monoisotopic (exact) mass is 377 g/mol. The van der Waals surface area contributed by atoms with Gasteiger partial charge in [-0.3, -0.25) is 4.79 Å². The SMILES string of the molecule is Cc1c(C(=O)Nc2cccc(-c3ccsc3)c2)cnn1-c1ccccc1F. The number of nitrogens with zero attached hydrogens (tertiary/aromatic N) is 2. The Morgan fingerprint density at radius 2 is 1.96 bits per heavy atom. The van der Waals surface area contributed by atoms with Crippen LogP contribution in [0.4, 0.5) is 10.1 Å². The Bertz CT molecular complexity index is 1100. The predicted molar refractivity (Wildman–Crippen MR) is 106 cm³/mol. The van der Waals surface area contributed by atoms with Gasteiger partial charge in [0.05, 0.1) is 17.5 Å². The number of halogens is 1. The van der Waals surface area contributed by atoms with Crippen LogP contribution in [-0.2, 0) is 0 Å². The van der Waals surface area contributed by atoms with Crippen LogP contribution < -0.4 is 5.32 Å². The zero-order valence-electron chi connectivity index (χ0n) is 14.5. The quantitative estimate of drug-likeness (QED) is 0.524. The Morgan fingerprint density at radius 1 is 1.11 bits per heavy atom. The van der Waals surface area contributed by atoms with E-state index in [9.17, 15) is 9.18 Å². The number of hydrogen-bond acceptors (Lipinski definition) is 3. The molecule has 0 aliphatic heterocycles. The first-order valence-electron chi connectivity index (χ1n) is 8.37. The fraction of sp³-hybridized carbons (Fsp3) is 0.0476. The van der Waals surface area contributed by atoms with Crippen molar-refractivity contribution in [2.45, 2.75) is 6.92 Å². The zero-order valence-corrected chi connectivity index (χ0v) is 15.3. The number of benzene rings is 2. The van der Waals surface area contributed by atoms with Crippen LogP contribution in [0.1, 0.15) is 16.1 Å². The van der Waals surface area contributed by atoms with Crippen LogP contribution in [0.15, 0.2) is 71.6 Å². The Hall–Kier alpha value is -3.25. The first kappa shape index (κ1) is 17.2. The van der Waals surface area contributed by atoms with Crippen molar-refractivity contribution in [2.75, 3.05) is 5.32 Å². The van der Waals surface area contributed by atoms with Crippen LogP contribution in [0, 0.1) is 12.7 Å².